The first-order valence-corrected chi connectivity index (χ1v) is 11.1. The van der Waals surface area contributed by atoms with Crippen molar-refractivity contribution < 1.29 is 22.6 Å². The number of hydrogen-bond acceptors (Lipinski definition) is 2. The lowest BCUT2D eigenvalue weighted by Gasteiger charge is -2.11. The van der Waals surface area contributed by atoms with E-state index in [1.165, 1.54) is 12.1 Å². The summed E-state index contributed by atoms with van der Waals surface area (Å²) in [6.07, 6.45) is 0. The van der Waals surface area contributed by atoms with Crippen LogP contribution in [0.15, 0.2) is 78.9 Å². The zero-order valence-electron chi connectivity index (χ0n) is 19.1. The summed E-state index contributed by atoms with van der Waals surface area (Å²) in [5, 5.41) is 0. The third-order valence-corrected chi connectivity index (χ3v) is 5.62. The number of aryl methyl sites for hydroxylation is 1. The molecular weight excluding hydrogens is 437 g/mol. The molecule has 0 amide bonds. The first kappa shape index (κ1) is 23.6. The maximum absolute atomic E-state index is 14.7. The molecule has 0 unspecified atom stereocenters. The third-order valence-electron chi connectivity index (χ3n) is 5.62. The minimum Gasteiger partial charge on any atom is -0.489 e. The van der Waals surface area contributed by atoms with Crippen LogP contribution in [0.2, 0.25) is 0 Å². The van der Waals surface area contributed by atoms with Crippen molar-refractivity contribution in [2.75, 3.05) is 6.61 Å². The molecule has 5 heteroatoms. The zero-order chi connectivity index (χ0) is 24.1. The van der Waals surface area contributed by atoms with Crippen LogP contribution in [0.1, 0.15) is 23.6 Å². The van der Waals surface area contributed by atoms with Gasteiger partial charge in [-0.3, -0.25) is 0 Å². The van der Waals surface area contributed by atoms with Crippen LogP contribution in [0.5, 0.6) is 5.75 Å². The van der Waals surface area contributed by atoms with Crippen molar-refractivity contribution in [3.8, 4) is 28.0 Å². The number of rotatable bonds is 8. The SMILES string of the molecule is CCOCc1ccc(-c2ccc(OCc3ccc(-c4ccc(C)cc4)c(F)c3F)cc2)cc1F. The van der Waals surface area contributed by atoms with Crippen molar-refractivity contribution >= 4 is 0 Å². The molecule has 0 heterocycles. The van der Waals surface area contributed by atoms with E-state index in [0.717, 1.165) is 16.7 Å². The fourth-order valence-electron chi connectivity index (χ4n) is 3.62. The molecule has 0 fully saturated rings. The molecule has 0 aliphatic heterocycles. The van der Waals surface area contributed by atoms with Gasteiger partial charge in [-0.05, 0) is 48.7 Å². The monoisotopic (exact) mass is 462 g/mol. The van der Waals surface area contributed by atoms with Crippen molar-refractivity contribution in [3.63, 3.8) is 0 Å². The van der Waals surface area contributed by atoms with Crippen molar-refractivity contribution in [2.45, 2.75) is 27.1 Å². The van der Waals surface area contributed by atoms with Gasteiger partial charge in [0.15, 0.2) is 11.6 Å². The van der Waals surface area contributed by atoms with Gasteiger partial charge < -0.3 is 9.47 Å². The van der Waals surface area contributed by atoms with Gasteiger partial charge in [0.1, 0.15) is 18.2 Å². The Balaban J connectivity index is 1.44. The van der Waals surface area contributed by atoms with E-state index in [9.17, 15) is 13.2 Å². The normalized spacial score (nSPS) is 11.0. The van der Waals surface area contributed by atoms with Crippen LogP contribution >= 0.6 is 0 Å². The second-order valence-corrected chi connectivity index (χ2v) is 8.02. The predicted octanol–water partition coefficient (Wildman–Crippen LogP) is 7.86. The molecule has 4 aromatic carbocycles. The summed E-state index contributed by atoms with van der Waals surface area (Å²) in [5.41, 5.74) is 4.05. The minimum absolute atomic E-state index is 0.114. The lowest BCUT2D eigenvalue weighted by molar-refractivity contribution is 0.131. The second kappa shape index (κ2) is 10.6. The topological polar surface area (TPSA) is 18.5 Å². The Morgan fingerprint density at radius 2 is 1.29 bits per heavy atom. The van der Waals surface area contributed by atoms with E-state index < -0.39 is 11.6 Å². The number of hydrogen-bond donors (Lipinski definition) is 0. The van der Waals surface area contributed by atoms with Gasteiger partial charge in [0.25, 0.3) is 0 Å². The van der Waals surface area contributed by atoms with Crippen LogP contribution in [0.3, 0.4) is 0 Å². The van der Waals surface area contributed by atoms with Crippen molar-refractivity contribution in [3.05, 3.63) is 113 Å². The average molecular weight is 463 g/mol. The van der Waals surface area contributed by atoms with E-state index in [2.05, 4.69) is 0 Å². The van der Waals surface area contributed by atoms with Crippen LogP contribution in [-0.2, 0) is 18.0 Å². The number of halogens is 3. The summed E-state index contributed by atoms with van der Waals surface area (Å²) in [5.74, 6) is -1.63. The molecule has 0 bridgehead atoms. The zero-order valence-corrected chi connectivity index (χ0v) is 19.1. The van der Waals surface area contributed by atoms with Gasteiger partial charge in [0, 0.05) is 23.3 Å². The van der Waals surface area contributed by atoms with Crippen LogP contribution < -0.4 is 4.74 Å². The Morgan fingerprint density at radius 1 is 0.647 bits per heavy atom. The van der Waals surface area contributed by atoms with Crippen LogP contribution in [0.25, 0.3) is 22.3 Å². The van der Waals surface area contributed by atoms with Crippen molar-refractivity contribution in [1.29, 1.82) is 0 Å². The van der Waals surface area contributed by atoms with Gasteiger partial charge in [0.05, 0.1) is 6.61 Å². The van der Waals surface area contributed by atoms with E-state index in [4.69, 9.17) is 9.47 Å². The van der Waals surface area contributed by atoms with Crippen molar-refractivity contribution in [2.24, 2.45) is 0 Å². The molecule has 0 aromatic heterocycles. The summed E-state index contributed by atoms with van der Waals surface area (Å²) in [6.45, 7) is 4.44. The predicted molar refractivity (Wildman–Crippen MR) is 128 cm³/mol. The molecule has 0 saturated carbocycles. The lowest BCUT2D eigenvalue weighted by atomic mass is 10.0. The first-order chi connectivity index (χ1) is 16.5. The summed E-state index contributed by atoms with van der Waals surface area (Å²) < 4.78 is 54.6. The van der Waals surface area contributed by atoms with Gasteiger partial charge >= 0.3 is 0 Å². The van der Waals surface area contributed by atoms with E-state index in [1.54, 1.807) is 48.5 Å². The minimum atomic E-state index is -0.919. The molecule has 0 spiro atoms. The second-order valence-electron chi connectivity index (χ2n) is 8.02. The highest BCUT2D eigenvalue weighted by Gasteiger charge is 2.15. The van der Waals surface area contributed by atoms with Gasteiger partial charge in [-0.15, -0.1) is 0 Å². The van der Waals surface area contributed by atoms with Gasteiger partial charge in [-0.25, -0.2) is 13.2 Å². The van der Waals surface area contributed by atoms with Crippen molar-refractivity contribution in [1.82, 2.24) is 0 Å². The van der Waals surface area contributed by atoms with Crippen LogP contribution in [0, 0.1) is 24.4 Å². The highest BCUT2D eigenvalue weighted by atomic mass is 19.2. The van der Waals surface area contributed by atoms with E-state index in [-0.39, 0.29) is 30.2 Å². The summed E-state index contributed by atoms with van der Waals surface area (Å²) in [7, 11) is 0. The molecular formula is C29H25F3O2. The summed E-state index contributed by atoms with van der Waals surface area (Å²) in [4.78, 5) is 0. The van der Waals surface area contributed by atoms with Crippen LogP contribution in [0.4, 0.5) is 13.2 Å². The molecule has 174 valence electrons. The first-order valence-electron chi connectivity index (χ1n) is 11.1. The van der Waals surface area contributed by atoms with Gasteiger partial charge in [0.2, 0.25) is 0 Å². The van der Waals surface area contributed by atoms with Gasteiger partial charge in [-0.2, -0.15) is 0 Å². The largest absolute Gasteiger partial charge is 0.489 e. The Hall–Kier alpha value is -3.57. The van der Waals surface area contributed by atoms with E-state index in [1.807, 2.05) is 32.0 Å². The molecule has 0 aliphatic carbocycles. The molecule has 0 saturated heterocycles. The molecule has 0 N–H and O–H groups in total. The Bertz CT molecular complexity index is 1270. The quantitative estimate of drug-likeness (QED) is 0.265. The molecule has 0 radical (unpaired) electrons. The lowest BCUT2D eigenvalue weighted by Crippen LogP contribution is -2.02. The molecule has 4 aromatic rings. The molecule has 4 rings (SSSR count). The molecule has 2 nitrogen and oxygen atoms in total. The summed E-state index contributed by atoms with van der Waals surface area (Å²) >= 11 is 0. The molecule has 0 atom stereocenters. The Kier molecular flexibility index (Phi) is 7.33. The smallest absolute Gasteiger partial charge is 0.167 e. The fraction of sp³-hybridized carbons (Fsp3) is 0.172. The van der Waals surface area contributed by atoms with Gasteiger partial charge in [-0.1, -0.05) is 66.2 Å². The standard InChI is InChI=1S/C29H25F3O2/c1-3-33-17-23-9-8-22(16-27(23)30)20-10-13-25(14-11-20)34-18-24-12-15-26(29(32)28(24)31)21-6-4-19(2)5-7-21/h4-16H,3,17-18H2,1-2H3. The fourth-order valence-corrected chi connectivity index (χ4v) is 3.62. The maximum atomic E-state index is 14.7. The average Bonchev–Trinajstić information content (AvgIpc) is 2.85. The van der Waals surface area contributed by atoms with E-state index >= 15 is 0 Å². The van der Waals surface area contributed by atoms with Crippen LogP contribution in [-0.4, -0.2) is 6.61 Å². The summed E-state index contributed by atoms with van der Waals surface area (Å²) in [6, 6.07) is 22.4. The highest BCUT2D eigenvalue weighted by Crippen LogP contribution is 2.28. The number of ether oxygens (including phenoxy) is 2. The third kappa shape index (κ3) is 5.32. The Morgan fingerprint density at radius 3 is 1.97 bits per heavy atom. The molecule has 34 heavy (non-hydrogen) atoms. The Labute approximate surface area is 197 Å². The highest BCUT2D eigenvalue weighted by molar-refractivity contribution is 5.66. The van der Waals surface area contributed by atoms with E-state index in [0.29, 0.717) is 23.5 Å². The maximum Gasteiger partial charge on any atom is 0.167 e. The molecule has 0 aliphatic rings. The number of benzene rings is 4.